The number of halogens is 1. The Hall–Kier alpha value is -3.42. The number of carboxylic acid groups (broad SMARTS) is 4. The first-order chi connectivity index (χ1) is 17.0. The highest BCUT2D eigenvalue weighted by atomic mass is 35.5. The second-order valence-corrected chi connectivity index (χ2v) is 8.20. The van der Waals surface area contributed by atoms with Gasteiger partial charge in [0.1, 0.15) is 0 Å². The summed E-state index contributed by atoms with van der Waals surface area (Å²) in [4.78, 5) is 53.1. The average molecular weight is 531 g/mol. The van der Waals surface area contributed by atoms with E-state index in [0.29, 0.717) is 0 Å². The van der Waals surface area contributed by atoms with Crippen LogP contribution in [0.5, 0.6) is 0 Å². The van der Waals surface area contributed by atoms with Crippen molar-refractivity contribution in [3.8, 4) is 0 Å². The van der Waals surface area contributed by atoms with Crippen molar-refractivity contribution in [1.82, 2.24) is 15.5 Å². The molecular weight excluding hydrogens is 500 g/mol. The van der Waals surface area contributed by atoms with E-state index in [1.165, 1.54) is 0 Å². The Bertz CT molecular complexity index is 853. The maximum atomic E-state index is 11.9. The van der Waals surface area contributed by atoms with Gasteiger partial charge < -0.3 is 36.0 Å². The molecule has 0 unspecified atom stereocenters. The number of nitrogens with zero attached hydrogens (tertiary/aromatic N) is 2. The van der Waals surface area contributed by atoms with Crippen molar-refractivity contribution in [1.29, 1.82) is 0 Å². The molecule has 6 N–H and O–H groups in total. The molecule has 2 saturated heterocycles. The summed E-state index contributed by atoms with van der Waals surface area (Å²) in [5.41, 5.74) is 1.13. The SMILES string of the molecule is O=C(NCCCN1CCN(c2ccccc2Cl)CC1)[C@@H]1CCCN1.O=C(O)C(=O)O.O=C(O)C(=O)O. The second-order valence-electron chi connectivity index (χ2n) is 7.79. The smallest absolute Gasteiger partial charge is 0.414 e. The van der Waals surface area contributed by atoms with E-state index in [2.05, 4.69) is 26.5 Å². The quantitative estimate of drug-likeness (QED) is 0.213. The molecule has 2 heterocycles. The lowest BCUT2D eigenvalue weighted by Crippen LogP contribution is -2.47. The Balaban J connectivity index is 0.000000450. The lowest BCUT2D eigenvalue weighted by Gasteiger charge is -2.36. The number of aliphatic carboxylic acids is 4. The summed E-state index contributed by atoms with van der Waals surface area (Å²) in [5, 5.41) is 36.7. The summed E-state index contributed by atoms with van der Waals surface area (Å²) in [7, 11) is 0. The molecule has 200 valence electrons. The van der Waals surface area contributed by atoms with Gasteiger partial charge in [-0.25, -0.2) is 19.2 Å². The zero-order chi connectivity index (χ0) is 27.1. The molecule has 36 heavy (non-hydrogen) atoms. The normalized spacial score (nSPS) is 17.0. The summed E-state index contributed by atoms with van der Waals surface area (Å²) < 4.78 is 0. The molecule has 2 aliphatic rings. The molecule has 1 amide bonds. The average Bonchev–Trinajstić information content (AvgIpc) is 3.38. The molecule has 0 bridgehead atoms. The minimum atomic E-state index is -1.82. The lowest BCUT2D eigenvalue weighted by molar-refractivity contribution is -0.159. The molecule has 2 fully saturated rings. The molecule has 0 aromatic heterocycles. The second kappa shape index (κ2) is 16.3. The van der Waals surface area contributed by atoms with E-state index in [1.807, 2.05) is 18.2 Å². The first kappa shape index (κ1) is 30.6. The third kappa shape index (κ3) is 11.8. The highest BCUT2D eigenvalue weighted by Crippen LogP contribution is 2.25. The number of carboxylic acids is 4. The lowest BCUT2D eigenvalue weighted by atomic mass is 10.2. The predicted molar refractivity (Wildman–Crippen MR) is 129 cm³/mol. The van der Waals surface area contributed by atoms with Crippen molar-refractivity contribution >= 4 is 47.1 Å². The van der Waals surface area contributed by atoms with Gasteiger partial charge in [-0.3, -0.25) is 9.69 Å². The molecule has 14 heteroatoms. The van der Waals surface area contributed by atoms with Gasteiger partial charge >= 0.3 is 23.9 Å². The maximum Gasteiger partial charge on any atom is 0.414 e. The van der Waals surface area contributed by atoms with Crippen LogP contribution in [0, 0.1) is 0 Å². The van der Waals surface area contributed by atoms with Gasteiger partial charge in [-0.05, 0) is 44.5 Å². The summed E-state index contributed by atoms with van der Waals surface area (Å²) in [6.45, 7) is 6.86. The van der Waals surface area contributed by atoms with Crippen molar-refractivity contribution in [2.75, 3.05) is 50.7 Å². The standard InChI is InChI=1S/C18H27ClN4O.2C2H2O4/c19-15-5-1-2-7-17(15)23-13-11-22(12-14-23)10-4-9-21-18(24)16-6-3-8-20-16;2*3-1(4)2(5)6/h1-2,5,7,16,20H,3-4,6,8-14H2,(H,21,24);2*(H,3,4)(H,5,6)/t16-;;/m0../s1. The van der Waals surface area contributed by atoms with Crippen LogP contribution in [0.25, 0.3) is 0 Å². The van der Waals surface area contributed by atoms with E-state index in [4.69, 9.17) is 51.2 Å². The highest BCUT2D eigenvalue weighted by Gasteiger charge is 2.22. The summed E-state index contributed by atoms with van der Waals surface area (Å²) in [6.07, 6.45) is 3.08. The fourth-order valence-electron chi connectivity index (χ4n) is 3.47. The van der Waals surface area contributed by atoms with Crippen molar-refractivity contribution in [3.63, 3.8) is 0 Å². The molecule has 0 aliphatic carbocycles. The van der Waals surface area contributed by atoms with Gasteiger partial charge in [-0.2, -0.15) is 0 Å². The Labute approximate surface area is 212 Å². The molecule has 2 aliphatic heterocycles. The predicted octanol–water partition coefficient (Wildman–Crippen LogP) is 0.0315. The van der Waals surface area contributed by atoms with Gasteiger partial charge in [-0.15, -0.1) is 0 Å². The van der Waals surface area contributed by atoms with Gasteiger partial charge in [-0.1, -0.05) is 23.7 Å². The van der Waals surface area contributed by atoms with Gasteiger partial charge in [0.15, 0.2) is 0 Å². The third-order valence-electron chi connectivity index (χ3n) is 5.26. The maximum absolute atomic E-state index is 11.9. The number of benzene rings is 1. The number of hydrogen-bond acceptors (Lipinski definition) is 8. The van der Waals surface area contributed by atoms with Crippen LogP contribution in [0.3, 0.4) is 0 Å². The van der Waals surface area contributed by atoms with E-state index in [0.717, 1.165) is 75.8 Å². The molecule has 1 aromatic rings. The van der Waals surface area contributed by atoms with Crippen molar-refractivity contribution < 1.29 is 44.4 Å². The molecule has 1 aromatic carbocycles. The fourth-order valence-corrected chi connectivity index (χ4v) is 3.72. The minimum absolute atomic E-state index is 0.0316. The van der Waals surface area contributed by atoms with Crippen molar-refractivity contribution in [3.05, 3.63) is 29.3 Å². The number of carbonyl (C=O) groups excluding carboxylic acids is 1. The molecule has 13 nitrogen and oxygen atoms in total. The first-order valence-corrected chi connectivity index (χ1v) is 11.6. The number of para-hydroxylation sites is 1. The van der Waals surface area contributed by atoms with E-state index in [9.17, 15) is 4.79 Å². The van der Waals surface area contributed by atoms with Crippen LogP contribution in [0.2, 0.25) is 5.02 Å². The minimum Gasteiger partial charge on any atom is -0.473 e. The van der Waals surface area contributed by atoms with Gasteiger partial charge in [0.05, 0.1) is 16.8 Å². The van der Waals surface area contributed by atoms with Gasteiger partial charge in [0.25, 0.3) is 0 Å². The van der Waals surface area contributed by atoms with Crippen LogP contribution in [0.15, 0.2) is 24.3 Å². The topological polar surface area (TPSA) is 197 Å². The van der Waals surface area contributed by atoms with E-state index < -0.39 is 23.9 Å². The first-order valence-electron chi connectivity index (χ1n) is 11.2. The van der Waals surface area contributed by atoms with Crippen LogP contribution in [0.1, 0.15) is 19.3 Å². The fraction of sp³-hybridized carbons (Fsp3) is 0.500. The van der Waals surface area contributed by atoms with Crippen LogP contribution in [-0.4, -0.2) is 107 Å². The molecule has 3 rings (SSSR count). The number of anilines is 1. The van der Waals surface area contributed by atoms with E-state index >= 15 is 0 Å². The van der Waals surface area contributed by atoms with Crippen LogP contribution < -0.4 is 15.5 Å². The highest BCUT2D eigenvalue weighted by molar-refractivity contribution is 6.33. The van der Waals surface area contributed by atoms with Crippen molar-refractivity contribution in [2.45, 2.75) is 25.3 Å². The van der Waals surface area contributed by atoms with E-state index in [1.54, 1.807) is 0 Å². The summed E-state index contributed by atoms with van der Waals surface area (Å²) in [6, 6.07) is 8.08. The zero-order valence-corrected chi connectivity index (χ0v) is 20.3. The summed E-state index contributed by atoms with van der Waals surface area (Å²) >= 11 is 6.28. The monoisotopic (exact) mass is 530 g/mol. The Morgan fingerprint density at radius 1 is 0.917 bits per heavy atom. The Morgan fingerprint density at radius 2 is 1.47 bits per heavy atom. The molecule has 0 radical (unpaired) electrons. The zero-order valence-electron chi connectivity index (χ0n) is 19.6. The number of amides is 1. The Morgan fingerprint density at radius 3 is 1.94 bits per heavy atom. The molecule has 0 saturated carbocycles. The molecule has 0 spiro atoms. The third-order valence-corrected chi connectivity index (χ3v) is 5.58. The van der Waals surface area contributed by atoms with Crippen LogP contribution in [0.4, 0.5) is 5.69 Å². The molecule has 1 atom stereocenters. The van der Waals surface area contributed by atoms with Gasteiger partial charge in [0.2, 0.25) is 5.91 Å². The number of rotatable bonds is 6. The Kier molecular flexibility index (Phi) is 13.8. The largest absolute Gasteiger partial charge is 0.473 e. The van der Waals surface area contributed by atoms with Crippen molar-refractivity contribution in [2.24, 2.45) is 0 Å². The molecular formula is C22H31ClN4O9. The number of nitrogens with one attached hydrogen (secondary N) is 2. The van der Waals surface area contributed by atoms with Gasteiger partial charge in [0, 0.05) is 32.7 Å². The summed E-state index contributed by atoms with van der Waals surface area (Å²) in [5.74, 6) is -7.13. The number of hydrogen-bond donors (Lipinski definition) is 6. The number of carbonyl (C=O) groups is 5. The van der Waals surface area contributed by atoms with Crippen LogP contribution >= 0.6 is 11.6 Å². The van der Waals surface area contributed by atoms with Crippen LogP contribution in [-0.2, 0) is 24.0 Å². The van der Waals surface area contributed by atoms with E-state index in [-0.39, 0.29) is 11.9 Å². The number of piperazine rings is 1.